The van der Waals surface area contributed by atoms with Crippen LogP contribution in [0.15, 0.2) is 29.2 Å². The van der Waals surface area contributed by atoms with Crippen molar-refractivity contribution in [2.75, 3.05) is 31.1 Å². The summed E-state index contributed by atoms with van der Waals surface area (Å²) < 4.78 is 4.99. The molecule has 2 aliphatic rings. The molecule has 0 aromatic carbocycles. The number of carbonyl (C=O) groups is 1. The molecule has 24 heavy (non-hydrogen) atoms. The van der Waals surface area contributed by atoms with Crippen molar-refractivity contribution in [2.45, 2.75) is 19.8 Å². The Bertz CT molecular complexity index is 716. The molecule has 4 heterocycles. The van der Waals surface area contributed by atoms with Crippen LogP contribution < -0.4 is 4.90 Å². The largest absolute Gasteiger partial charge is 0.356 e. The van der Waals surface area contributed by atoms with E-state index in [-0.39, 0.29) is 5.91 Å². The number of fused-ring (bicyclic) bond motifs is 1. The lowest BCUT2D eigenvalue weighted by atomic mass is 10.0. The van der Waals surface area contributed by atoms with E-state index in [9.17, 15) is 4.79 Å². The van der Waals surface area contributed by atoms with E-state index in [1.165, 1.54) is 6.20 Å². The molecule has 2 fully saturated rings. The average molecular weight is 327 g/mol. The topological polar surface area (TPSA) is 75.4 Å². The van der Waals surface area contributed by atoms with Crippen LogP contribution in [0, 0.1) is 11.8 Å². The summed E-state index contributed by atoms with van der Waals surface area (Å²) >= 11 is 0. The number of anilines is 1. The normalized spacial score (nSPS) is 23.1. The first-order valence-corrected chi connectivity index (χ1v) is 8.38. The van der Waals surface area contributed by atoms with Gasteiger partial charge in [-0.2, -0.15) is 0 Å². The minimum atomic E-state index is -0.0578. The van der Waals surface area contributed by atoms with Crippen LogP contribution in [-0.2, 0) is 0 Å². The maximum atomic E-state index is 12.4. The standard InChI is InChI=1S/C17H21N5O2/c1-11(2)14-5-16(19-10-18-14)21-6-12-8-22(9-13(12)7-21)17(23)15-3-4-20-24-15/h3-5,10-13H,6-9H2,1-2H3. The minimum absolute atomic E-state index is 0.0578. The Balaban J connectivity index is 1.43. The molecule has 2 aliphatic heterocycles. The van der Waals surface area contributed by atoms with Crippen LogP contribution >= 0.6 is 0 Å². The van der Waals surface area contributed by atoms with Gasteiger partial charge in [-0.15, -0.1) is 0 Å². The highest BCUT2D eigenvalue weighted by Crippen LogP contribution is 2.34. The molecule has 0 bridgehead atoms. The summed E-state index contributed by atoms with van der Waals surface area (Å²) in [5, 5.41) is 3.62. The van der Waals surface area contributed by atoms with E-state index in [2.05, 4.69) is 39.9 Å². The molecular formula is C17H21N5O2. The Hall–Kier alpha value is -2.44. The van der Waals surface area contributed by atoms with Gasteiger partial charge in [-0.3, -0.25) is 4.79 Å². The van der Waals surface area contributed by atoms with Crippen LogP contribution in [0.3, 0.4) is 0 Å². The quantitative estimate of drug-likeness (QED) is 0.855. The summed E-state index contributed by atoms with van der Waals surface area (Å²) in [6.07, 6.45) is 3.16. The van der Waals surface area contributed by atoms with Gasteiger partial charge in [-0.1, -0.05) is 19.0 Å². The van der Waals surface area contributed by atoms with Crippen molar-refractivity contribution in [1.82, 2.24) is 20.0 Å². The van der Waals surface area contributed by atoms with Gasteiger partial charge in [-0.25, -0.2) is 9.97 Å². The minimum Gasteiger partial charge on any atom is -0.356 e. The number of hydrogen-bond donors (Lipinski definition) is 0. The van der Waals surface area contributed by atoms with Gasteiger partial charge in [0, 0.05) is 55.8 Å². The van der Waals surface area contributed by atoms with Crippen LogP contribution in [0.2, 0.25) is 0 Å². The Morgan fingerprint density at radius 2 is 1.96 bits per heavy atom. The summed E-state index contributed by atoms with van der Waals surface area (Å²) in [6.45, 7) is 7.67. The van der Waals surface area contributed by atoms with Crippen molar-refractivity contribution in [1.29, 1.82) is 0 Å². The van der Waals surface area contributed by atoms with E-state index in [4.69, 9.17) is 4.52 Å². The maximum absolute atomic E-state index is 12.4. The molecule has 126 valence electrons. The van der Waals surface area contributed by atoms with Crippen molar-refractivity contribution in [2.24, 2.45) is 11.8 Å². The van der Waals surface area contributed by atoms with E-state index >= 15 is 0 Å². The number of aromatic nitrogens is 3. The number of rotatable bonds is 3. The molecule has 2 atom stereocenters. The fraction of sp³-hybridized carbons (Fsp3) is 0.529. The Morgan fingerprint density at radius 3 is 2.58 bits per heavy atom. The van der Waals surface area contributed by atoms with Gasteiger partial charge in [0.05, 0.1) is 6.20 Å². The van der Waals surface area contributed by atoms with Crippen LogP contribution in [0.5, 0.6) is 0 Å². The summed E-state index contributed by atoms with van der Waals surface area (Å²) in [6, 6.07) is 3.71. The molecular weight excluding hydrogens is 306 g/mol. The van der Waals surface area contributed by atoms with Gasteiger partial charge in [-0.05, 0) is 5.92 Å². The van der Waals surface area contributed by atoms with E-state index < -0.39 is 0 Å². The molecule has 0 spiro atoms. The Morgan fingerprint density at radius 1 is 1.21 bits per heavy atom. The lowest BCUT2D eigenvalue weighted by molar-refractivity contribution is 0.0741. The molecule has 4 rings (SSSR count). The fourth-order valence-corrected chi connectivity index (χ4v) is 3.68. The lowest BCUT2D eigenvalue weighted by Gasteiger charge is -2.22. The predicted octanol–water partition coefficient (Wildman–Crippen LogP) is 1.80. The zero-order valence-electron chi connectivity index (χ0n) is 13.9. The molecule has 7 heteroatoms. The SMILES string of the molecule is CC(C)c1cc(N2CC3CN(C(=O)c4ccno4)CC3C2)ncn1. The molecule has 0 aliphatic carbocycles. The number of likely N-dealkylation sites (tertiary alicyclic amines) is 1. The molecule has 2 unspecified atom stereocenters. The summed E-state index contributed by atoms with van der Waals surface area (Å²) in [5.74, 6) is 2.62. The third-order valence-electron chi connectivity index (χ3n) is 5.01. The van der Waals surface area contributed by atoms with E-state index in [0.29, 0.717) is 23.5 Å². The average Bonchev–Trinajstić information content (AvgIpc) is 3.30. The van der Waals surface area contributed by atoms with E-state index in [0.717, 1.165) is 37.7 Å². The van der Waals surface area contributed by atoms with Crippen molar-refractivity contribution in [3.63, 3.8) is 0 Å². The van der Waals surface area contributed by atoms with Gasteiger partial charge in [0.15, 0.2) is 0 Å². The zero-order valence-corrected chi connectivity index (χ0v) is 13.9. The van der Waals surface area contributed by atoms with Crippen molar-refractivity contribution < 1.29 is 9.32 Å². The molecule has 0 saturated carbocycles. The molecule has 2 aromatic heterocycles. The smallest absolute Gasteiger partial charge is 0.292 e. The van der Waals surface area contributed by atoms with Crippen molar-refractivity contribution in [3.8, 4) is 0 Å². The molecule has 2 saturated heterocycles. The van der Waals surface area contributed by atoms with Gasteiger partial charge in [0.2, 0.25) is 5.76 Å². The summed E-state index contributed by atoms with van der Waals surface area (Å²) in [7, 11) is 0. The summed E-state index contributed by atoms with van der Waals surface area (Å²) in [5.41, 5.74) is 1.07. The van der Waals surface area contributed by atoms with E-state index in [1.54, 1.807) is 12.4 Å². The van der Waals surface area contributed by atoms with Crippen LogP contribution in [0.4, 0.5) is 5.82 Å². The lowest BCUT2D eigenvalue weighted by Crippen LogP contribution is -2.33. The highest BCUT2D eigenvalue weighted by atomic mass is 16.5. The van der Waals surface area contributed by atoms with Crippen LogP contribution in [-0.4, -0.2) is 52.1 Å². The fourth-order valence-electron chi connectivity index (χ4n) is 3.68. The third-order valence-corrected chi connectivity index (χ3v) is 5.01. The van der Waals surface area contributed by atoms with Crippen LogP contribution in [0.1, 0.15) is 36.0 Å². The second-order valence-electron chi connectivity index (χ2n) is 6.97. The Labute approximate surface area is 140 Å². The highest BCUT2D eigenvalue weighted by molar-refractivity contribution is 5.91. The molecule has 7 nitrogen and oxygen atoms in total. The third kappa shape index (κ3) is 2.64. The monoisotopic (exact) mass is 327 g/mol. The molecule has 2 aromatic rings. The molecule has 0 radical (unpaired) electrons. The first-order valence-electron chi connectivity index (χ1n) is 8.38. The zero-order chi connectivity index (χ0) is 16.7. The predicted molar refractivity (Wildman–Crippen MR) is 87.7 cm³/mol. The van der Waals surface area contributed by atoms with Gasteiger partial charge >= 0.3 is 0 Å². The number of nitrogens with zero attached hydrogens (tertiary/aromatic N) is 5. The van der Waals surface area contributed by atoms with Crippen molar-refractivity contribution in [3.05, 3.63) is 36.1 Å². The van der Waals surface area contributed by atoms with E-state index in [1.807, 2.05) is 4.90 Å². The van der Waals surface area contributed by atoms with Crippen molar-refractivity contribution >= 4 is 11.7 Å². The van der Waals surface area contributed by atoms with Gasteiger partial charge < -0.3 is 14.3 Å². The second kappa shape index (κ2) is 5.89. The number of amides is 1. The number of carbonyl (C=O) groups excluding carboxylic acids is 1. The highest BCUT2D eigenvalue weighted by Gasteiger charge is 2.42. The number of hydrogen-bond acceptors (Lipinski definition) is 6. The molecule has 1 amide bonds. The first-order chi connectivity index (χ1) is 11.6. The van der Waals surface area contributed by atoms with Gasteiger partial charge in [0.1, 0.15) is 12.1 Å². The second-order valence-corrected chi connectivity index (χ2v) is 6.97. The summed E-state index contributed by atoms with van der Waals surface area (Å²) in [4.78, 5) is 25.3. The molecule has 0 N–H and O–H groups in total. The Kier molecular flexibility index (Phi) is 3.70. The van der Waals surface area contributed by atoms with Gasteiger partial charge in [0.25, 0.3) is 5.91 Å². The first kappa shape index (κ1) is 15.1. The maximum Gasteiger partial charge on any atom is 0.292 e. The van der Waals surface area contributed by atoms with Crippen LogP contribution in [0.25, 0.3) is 0 Å².